The fourth-order valence-electron chi connectivity index (χ4n) is 1.76. The molecular weight excluding hydrogens is 230 g/mol. The Bertz CT molecular complexity index is 567. The topological polar surface area (TPSA) is 59.4 Å². The molecule has 0 aliphatic heterocycles. The summed E-state index contributed by atoms with van der Waals surface area (Å²) in [7, 11) is 1.52. The van der Waals surface area contributed by atoms with Crippen molar-refractivity contribution in [3.05, 3.63) is 47.7 Å². The van der Waals surface area contributed by atoms with Gasteiger partial charge in [-0.05, 0) is 17.2 Å². The second kappa shape index (κ2) is 5.42. The molecule has 92 valence electrons. The molecule has 0 unspecified atom stereocenters. The number of pyridine rings is 1. The molecule has 1 aromatic carbocycles. The van der Waals surface area contributed by atoms with E-state index in [1.54, 1.807) is 30.5 Å². The third-order valence-electron chi connectivity index (χ3n) is 2.68. The van der Waals surface area contributed by atoms with Gasteiger partial charge in [-0.2, -0.15) is 0 Å². The van der Waals surface area contributed by atoms with Crippen LogP contribution in [0, 0.1) is 0 Å². The van der Waals surface area contributed by atoms with Gasteiger partial charge < -0.3 is 9.84 Å². The largest absolute Gasteiger partial charge is 0.481 e. The molecule has 0 atom stereocenters. The molecule has 4 nitrogen and oxygen atoms in total. The van der Waals surface area contributed by atoms with Crippen LogP contribution in [0.15, 0.2) is 36.5 Å². The molecule has 0 aliphatic rings. The van der Waals surface area contributed by atoms with Crippen LogP contribution in [0.1, 0.15) is 15.9 Å². The van der Waals surface area contributed by atoms with Crippen LogP contribution in [0.2, 0.25) is 0 Å². The highest BCUT2D eigenvalue weighted by molar-refractivity contribution is 5.79. The van der Waals surface area contributed by atoms with Gasteiger partial charge in [0.2, 0.25) is 5.88 Å². The summed E-state index contributed by atoms with van der Waals surface area (Å²) in [4.78, 5) is 14.9. The summed E-state index contributed by atoms with van der Waals surface area (Å²) in [6.45, 7) is -0.112. The second-order valence-corrected chi connectivity index (χ2v) is 3.79. The van der Waals surface area contributed by atoms with Crippen LogP contribution in [-0.2, 0) is 6.61 Å². The average Bonchev–Trinajstić information content (AvgIpc) is 2.46. The Balaban J connectivity index is 2.52. The Labute approximate surface area is 105 Å². The maximum absolute atomic E-state index is 10.8. The van der Waals surface area contributed by atoms with Crippen molar-refractivity contribution in [3.63, 3.8) is 0 Å². The molecule has 0 saturated carbocycles. The molecule has 0 aliphatic carbocycles. The van der Waals surface area contributed by atoms with E-state index >= 15 is 0 Å². The van der Waals surface area contributed by atoms with Crippen molar-refractivity contribution in [1.29, 1.82) is 0 Å². The monoisotopic (exact) mass is 243 g/mol. The Hall–Kier alpha value is -2.20. The lowest BCUT2D eigenvalue weighted by atomic mass is 10.0. The van der Waals surface area contributed by atoms with Crippen LogP contribution in [0.25, 0.3) is 11.1 Å². The first-order valence-electron chi connectivity index (χ1n) is 5.48. The third-order valence-corrected chi connectivity index (χ3v) is 2.68. The number of hydrogen-bond donors (Lipinski definition) is 1. The molecule has 0 fully saturated rings. The highest BCUT2D eigenvalue weighted by Crippen LogP contribution is 2.26. The molecule has 1 aromatic heterocycles. The summed E-state index contributed by atoms with van der Waals surface area (Å²) in [6, 6.07) is 8.84. The van der Waals surface area contributed by atoms with Crippen LogP contribution >= 0.6 is 0 Å². The fourth-order valence-corrected chi connectivity index (χ4v) is 1.76. The molecule has 0 bridgehead atoms. The SMILES string of the molecule is COc1cc(CO)c(-c2cccc(C=O)c2)cn1. The fraction of sp³-hybridized carbons (Fsp3) is 0.143. The molecule has 18 heavy (non-hydrogen) atoms. The standard InChI is InChI=1S/C14H13NO3/c1-18-14-6-12(9-17)13(7-15-14)11-4-2-3-10(5-11)8-16/h2-8,17H,9H2,1H3. The van der Waals surface area contributed by atoms with Crippen molar-refractivity contribution in [3.8, 4) is 17.0 Å². The number of aliphatic hydroxyl groups is 1. The number of benzene rings is 1. The minimum Gasteiger partial charge on any atom is -0.481 e. The van der Waals surface area contributed by atoms with Gasteiger partial charge >= 0.3 is 0 Å². The molecule has 0 amide bonds. The number of carbonyl (C=O) groups is 1. The van der Waals surface area contributed by atoms with E-state index in [9.17, 15) is 9.90 Å². The highest BCUT2D eigenvalue weighted by Gasteiger charge is 2.07. The average molecular weight is 243 g/mol. The number of aliphatic hydroxyl groups excluding tert-OH is 1. The zero-order valence-corrected chi connectivity index (χ0v) is 9.96. The van der Waals surface area contributed by atoms with Gasteiger partial charge in [-0.15, -0.1) is 0 Å². The number of nitrogens with zero attached hydrogens (tertiary/aromatic N) is 1. The smallest absolute Gasteiger partial charge is 0.213 e. The van der Waals surface area contributed by atoms with Crippen molar-refractivity contribution < 1.29 is 14.6 Å². The van der Waals surface area contributed by atoms with E-state index < -0.39 is 0 Å². The van der Waals surface area contributed by atoms with E-state index in [2.05, 4.69) is 4.98 Å². The van der Waals surface area contributed by atoms with E-state index in [0.29, 0.717) is 17.0 Å². The van der Waals surface area contributed by atoms with Gasteiger partial charge in [-0.25, -0.2) is 4.98 Å². The predicted molar refractivity (Wildman–Crippen MR) is 67.5 cm³/mol. The van der Waals surface area contributed by atoms with Crippen molar-refractivity contribution >= 4 is 6.29 Å². The number of aldehydes is 1. The predicted octanol–water partition coefficient (Wildman–Crippen LogP) is 2.06. The molecule has 2 aromatic rings. The van der Waals surface area contributed by atoms with Gasteiger partial charge in [0, 0.05) is 23.4 Å². The lowest BCUT2D eigenvalue weighted by molar-refractivity contribution is 0.112. The zero-order valence-electron chi connectivity index (χ0n) is 9.96. The molecule has 1 heterocycles. The molecule has 0 radical (unpaired) electrons. The number of ether oxygens (including phenoxy) is 1. The first-order valence-corrected chi connectivity index (χ1v) is 5.48. The van der Waals surface area contributed by atoms with Gasteiger partial charge in [0.1, 0.15) is 6.29 Å². The van der Waals surface area contributed by atoms with E-state index in [0.717, 1.165) is 17.4 Å². The molecule has 1 N–H and O–H groups in total. The Morgan fingerprint density at radius 2 is 2.22 bits per heavy atom. The maximum Gasteiger partial charge on any atom is 0.213 e. The van der Waals surface area contributed by atoms with E-state index in [4.69, 9.17) is 4.74 Å². The van der Waals surface area contributed by atoms with Gasteiger partial charge in [-0.3, -0.25) is 4.79 Å². The minimum atomic E-state index is -0.112. The van der Waals surface area contributed by atoms with Crippen molar-refractivity contribution in [2.45, 2.75) is 6.61 Å². The quantitative estimate of drug-likeness (QED) is 0.835. The van der Waals surface area contributed by atoms with Crippen LogP contribution < -0.4 is 4.74 Å². The van der Waals surface area contributed by atoms with Gasteiger partial charge in [0.15, 0.2) is 0 Å². The third kappa shape index (κ3) is 2.38. The maximum atomic E-state index is 10.8. The first-order chi connectivity index (χ1) is 8.78. The van der Waals surface area contributed by atoms with E-state index in [-0.39, 0.29) is 6.61 Å². The lowest BCUT2D eigenvalue weighted by Gasteiger charge is -2.09. The number of methoxy groups -OCH3 is 1. The molecule has 0 spiro atoms. The summed E-state index contributed by atoms with van der Waals surface area (Å²) in [5, 5.41) is 9.37. The molecule has 0 saturated heterocycles. The Morgan fingerprint density at radius 3 is 2.89 bits per heavy atom. The highest BCUT2D eigenvalue weighted by atomic mass is 16.5. The van der Waals surface area contributed by atoms with Crippen LogP contribution in [0.3, 0.4) is 0 Å². The van der Waals surface area contributed by atoms with Crippen molar-refractivity contribution in [2.24, 2.45) is 0 Å². The first kappa shape index (κ1) is 12.3. The summed E-state index contributed by atoms with van der Waals surface area (Å²) in [5.41, 5.74) is 2.94. The van der Waals surface area contributed by atoms with Gasteiger partial charge in [-0.1, -0.05) is 18.2 Å². The number of rotatable bonds is 4. The minimum absolute atomic E-state index is 0.112. The van der Waals surface area contributed by atoms with E-state index in [1.807, 2.05) is 6.07 Å². The zero-order chi connectivity index (χ0) is 13.0. The van der Waals surface area contributed by atoms with Crippen LogP contribution in [0.4, 0.5) is 0 Å². The van der Waals surface area contributed by atoms with Crippen molar-refractivity contribution in [1.82, 2.24) is 4.98 Å². The van der Waals surface area contributed by atoms with Crippen molar-refractivity contribution in [2.75, 3.05) is 7.11 Å². The van der Waals surface area contributed by atoms with Gasteiger partial charge in [0.05, 0.1) is 13.7 Å². The molecule has 2 rings (SSSR count). The van der Waals surface area contributed by atoms with Crippen LogP contribution in [-0.4, -0.2) is 23.5 Å². The summed E-state index contributed by atoms with van der Waals surface area (Å²) < 4.78 is 5.01. The van der Waals surface area contributed by atoms with Gasteiger partial charge in [0.25, 0.3) is 0 Å². The summed E-state index contributed by atoms with van der Waals surface area (Å²) in [6.07, 6.45) is 2.42. The second-order valence-electron chi connectivity index (χ2n) is 3.79. The lowest BCUT2D eigenvalue weighted by Crippen LogP contribution is -1.95. The number of hydrogen-bond acceptors (Lipinski definition) is 4. The summed E-state index contributed by atoms with van der Waals surface area (Å²) >= 11 is 0. The Morgan fingerprint density at radius 1 is 1.39 bits per heavy atom. The number of aromatic nitrogens is 1. The molecule has 4 heteroatoms. The summed E-state index contributed by atoms with van der Waals surface area (Å²) in [5.74, 6) is 0.453. The number of carbonyl (C=O) groups excluding carboxylic acids is 1. The van der Waals surface area contributed by atoms with E-state index in [1.165, 1.54) is 7.11 Å². The normalized spacial score (nSPS) is 10.1. The Kier molecular flexibility index (Phi) is 3.69. The molecular formula is C14H13NO3. The van der Waals surface area contributed by atoms with Crippen LogP contribution in [0.5, 0.6) is 5.88 Å².